The number of carboxylic acids is 1. The summed E-state index contributed by atoms with van der Waals surface area (Å²) < 4.78 is 0. The van der Waals surface area contributed by atoms with Crippen LogP contribution in [-0.2, 0) is 9.59 Å². The maximum Gasteiger partial charge on any atom is 0.334 e. The van der Waals surface area contributed by atoms with E-state index in [-0.39, 0.29) is 18.4 Å². The van der Waals surface area contributed by atoms with Gasteiger partial charge in [-0.1, -0.05) is 13.8 Å². The Morgan fingerprint density at radius 2 is 1.79 bits per heavy atom. The molecular weight excluding hydrogens is 186 g/mol. The number of carbonyl (C=O) groups is 2. The highest BCUT2D eigenvalue weighted by atomic mass is 16.4. The molecule has 0 aliphatic rings. The number of carbonyl (C=O) groups excluding carboxylic acids is 1. The molecule has 1 amide bonds. The molecule has 5 nitrogen and oxygen atoms in total. The maximum atomic E-state index is 11.3. The molecule has 0 radical (unpaired) electrons. The fourth-order valence-electron chi connectivity index (χ4n) is 1.09. The highest BCUT2D eigenvalue weighted by Gasteiger charge is 2.17. The Bertz CT molecular complexity index is 201. The van der Waals surface area contributed by atoms with E-state index in [0.717, 1.165) is 0 Å². The van der Waals surface area contributed by atoms with Gasteiger partial charge in [-0.3, -0.25) is 4.79 Å². The summed E-state index contributed by atoms with van der Waals surface area (Å²) in [4.78, 5) is 21.5. The van der Waals surface area contributed by atoms with Crippen LogP contribution in [-0.4, -0.2) is 34.7 Å². The summed E-state index contributed by atoms with van der Waals surface area (Å²) in [6.07, 6.45) is -0.0925. The summed E-state index contributed by atoms with van der Waals surface area (Å²) in [6, 6.07) is 0. The van der Waals surface area contributed by atoms with E-state index in [1.807, 2.05) is 13.8 Å². The molecule has 82 valence electrons. The summed E-state index contributed by atoms with van der Waals surface area (Å²) in [7, 11) is 0. The molecule has 0 spiro atoms. The van der Waals surface area contributed by atoms with Crippen molar-refractivity contribution in [3.8, 4) is 0 Å². The lowest BCUT2D eigenvalue weighted by atomic mass is 10.0. The monoisotopic (exact) mass is 203 g/mol. The zero-order valence-corrected chi connectivity index (χ0v) is 8.49. The van der Waals surface area contributed by atoms with Gasteiger partial charge in [-0.25, -0.2) is 4.79 Å². The van der Waals surface area contributed by atoms with Crippen molar-refractivity contribution >= 4 is 11.9 Å². The van der Waals surface area contributed by atoms with Crippen LogP contribution in [0.15, 0.2) is 0 Å². The molecule has 0 saturated heterocycles. The fraction of sp³-hybridized carbons (Fsp3) is 0.778. The zero-order valence-electron chi connectivity index (χ0n) is 8.49. The summed E-state index contributed by atoms with van der Waals surface area (Å²) in [6.45, 7) is 3.55. The maximum absolute atomic E-state index is 11.3. The van der Waals surface area contributed by atoms with Crippen LogP contribution in [0.1, 0.15) is 26.7 Å². The largest absolute Gasteiger partial charge is 0.479 e. The minimum atomic E-state index is -1.52. The third-order valence-electron chi connectivity index (χ3n) is 2.11. The van der Waals surface area contributed by atoms with Crippen molar-refractivity contribution in [2.45, 2.75) is 32.8 Å². The molecule has 0 rings (SSSR count). The van der Waals surface area contributed by atoms with Gasteiger partial charge in [-0.15, -0.1) is 0 Å². The van der Waals surface area contributed by atoms with Crippen LogP contribution in [0.4, 0.5) is 0 Å². The van der Waals surface area contributed by atoms with Gasteiger partial charge in [0.25, 0.3) is 0 Å². The topological polar surface area (TPSA) is 86.6 Å². The SMILES string of the molecule is CCC(CC)C(=O)NC[C@H](O)C(=O)O. The van der Waals surface area contributed by atoms with Gasteiger partial charge >= 0.3 is 5.97 Å². The van der Waals surface area contributed by atoms with Gasteiger partial charge in [0, 0.05) is 5.92 Å². The van der Waals surface area contributed by atoms with Gasteiger partial charge in [-0.05, 0) is 12.8 Å². The van der Waals surface area contributed by atoms with Gasteiger partial charge < -0.3 is 15.5 Å². The quantitative estimate of drug-likeness (QED) is 0.566. The van der Waals surface area contributed by atoms with Gasteiger partial charge in [0.2, 0.25) is 5.91 Å². The number of aliphatic hydroxyl groups excluding tert-OH is 1. The molecule has 0 aromatic carbocycles. The lowest BCUT2D eigenvalue weighted by Gasteiger charge is -2.13. The first-order valence-electron chi connectivity index (χ1n) is 4.71. The van der Waals surface area contributed by atoms with E-state index in [1.165, 1.54) is 0 Å². The number of hydrogen-bond acceptors (Lipinski definition) is 3. The molecular formula is C9H17NO4. The van der Waals surface area contributed by atoms with E-state index in [0.29, 0.717) is 12.8 Å². The molecule has 5 heteroatoms. The molecule has 0 heterocycles. The molecule has 0 aromatic heterocycles. The molecule has 1 atom stereocenters. The van der Waals surface area contributed by atoms with Crippen molar-refractivity contribution in [1.29, 1.82) is 0 Å². The molecule has 0 aliphatic carbocycles. The van der Waals surface area contributed by atoms with Crippen LogP contribution in [0.5, 0.6) is 0 Å². The van der Waals surface area contributed by atoms with E-state index in [4.69, 9.17) is 10.2 Å². The highest BCUT2D eigenvalue weighted by Crippen LogP contribution is 2.06. The smallest absolute Gasteiger partial charge is 0.334 e. The summed E-state index contributed by atoms with van der Waals surface area (Å²) in [5.41, 5.74) is 0. The molecule has 0 aromatic rings. The zero-order chi connectivity index (χ0) is 11.1. The van der Waals surface area contributed by atoms with Crippen molar-refractivity contribution < 1.29 is 19.8 Å². The van der Waals surface area contributed by atoms with Gasteiger partial charge in [-0.2, -0.15) is 0 Å². The average molecular weight is 203 g/mol. The van der Waals surface area contributed by atoms with Crippen molar-refractivity contribution in [2.75, 3.05) is 6.54 Å². The molecule has 14 heavy (non-hydrogen) atoms. The lowest BCUT2D eigenvalue weighted by Crippen LogP contribution is -2.39. The second-order valence-electron chi connectivity index (χ2n) is 3.11. The summed E-state index contributed by atoms with van der Waals surface area (Å²) >= 11 is 0. The van der Waals surface area contributed by atoms with Crippen LogP contribution in [0.25, 0.3) is 0 Å². The second kappa shape index (κ2) is 6.37. The Balaban J connectivity index is 3.89. The van der Waals surface area contributed by atoms with Gasteiger partial charge in [0.1, 0.15) is 0 Å². The predicted octanol–water partition coefficient (Wildman–Crippen LogP) is -0.0157. The molecule has 0 bridgehead atoms. The van der Waals surface area contributed by atoms with Crippen LogP contribution in [0.3, 0.4) is 0 Å². The van der Waals surface area contributed by atoms with Crippen LogP contribution >= 0.6 is 0 Å². The van der Waals surface area contributed by atoms with Gasteiger partial charge in [0.15, 0.2) is 6.10 Å². The Labute approximate surface area is 83.1 Å². The van der Waals surface area contributed by atoms with Crippen LogP contribution in [0, 0.1) is 5.92 Å². The van der Waals surface area contributed by atoms with E-state index in [1.54, 1.807) is 0 Å². The first-order chi connectivity index (χ1) is 6.52. The average Bonchev–Trinajstić information content (AvgIpc) is 2.15. The number of carboxylic acid groups (broad SMARTS) is 1. The van der Waals surface area contributed by atoms with Crippen LogP contribution < -0.4 is 5.32 Å². The third kappa shape index (κ3) is 4.23. The molecule has 0 unspecified atom stereocenters. The number of rotatable bonds is 6. The molecule has 0 aliphatic heterocycles. The van der Waals surface area contributed by atoms with E-state index in [9.17, 15) is 9.59 Å². The second-order valence-corrected chi connectivity index (χ2v) is 3.11. The fourth-order valence-corrected chi connectivity index (χ4v) is 1.09. The van der Waals surface area contributed by atoms with E-state index >= 15 is 0 Å². The van der Waals surface area contributed by atoms with Crippen molar-refractivity contribution in [2.24, 2.45) is 5.92 Å². The van der Waals surface area contributed by atoms with Crippen molar-refractivity contribution in [1.82, 2.24) is 5.32 Å². The van der Waals surface area contributed by atoms with Crippen molar-refractivity contribution in [3.63, 3.8) is 0 Å². The Kier molecular flexibility index (Phi) is 5.87. The number of amides is 1. The standard InChI is InChI=1S/C9H17NO4/c1-3-6(4-2)8(12)10-5-7(11)9(13)14/h6-7,11H,3-5H2,1-2H3,(H,10,12)(H,13,14)/t7-/m0/s1. The Morgan fingerprint density at radius 3 is 2.14 bits per heavy atom. The van der Waals surface area contributed by atoms with Crippen molar-refractivity contribution in [3.05, 3.63) is 0 Å². The number of aliphatic hydroxyl groups is 1. The first kappa shape index (κ1) is 12.9. The molecule has 0 fully saturated rings. The minimum absolute atomic E-state index is 0.101. The third-order valence-corrected chi connectivity index (χ3v) is 2.11. The molecule has 3 N–H and O–H groups in total. The number of nitrogens with one attached hydrogen (secondary N) is 1. The lowest BCUT2D eigenvalue weighted by molar-refractivity contribution is -0.146. The summed E-state index contributed by atoms with van der Waals surface area (Å²) in [5, 5.41) is 19.6. The highest BCUT2D eigenvalue weighted by molar-refractivity contribution is 5.79. The van der Waals surface area contributed by atoms with Crippen LogP contribution in [0.2, 0.25) is 0 Å². The van der Waals surface area contributed by atoms with E-state index < -0.39 is 12.1 Å². The predicted molar refractivity (Wildman–Crippen MR) is 50.7 cm³/mol. The van der Waals surface area contributed by atoms with Gasteiger partial charge in [0.05, 0.1) is 6.54 Å². The summed E-state index contributed by atoms with van der Waals surface area (Å²) in [5.74, 6) is -1.62. The Hall–Kier alpha value is -1.10. The minimum Gasteiger partial charge on any atom is -0.479 e. The number of aliphatic carboxylic acids is 1. The normalized spacial score (nSPS) is 12.6. The Morgan fingerprint density at radius 1 is 1.29 bits per heavy atom. The number of hydrogen-bond donors (Lipinski definition) is 3. The molecule has 0 saturated carbocycles. The first-order valence-corrected chi connectivity index (χ1v) is 4.71. The van der Waals surface area contributed by atoms with E-state index in [2.05, 4.69) is 5.32 Å².